The average molecular weight is 395 g/mol. The number of rotatable bonds is 4. The van der Waals surface area contributed by atoms with Crippen molar-refractivity contribution in [3.63, 3.8) is 0 Å². The van der Waals surface area contributed by atoms with E-state index in [1.54, 1.807) is 25.1 Å². The lowest BCUT2D eigenvalue weighted by Crippen LogP contribution is -2.12. The predicted octanol–water partition coefficient (Wildman–Crippen LogP) is 6.15. The standard InChI is InChI=1S/C18H13Cl2FN2OS/c1-10-22-16(9-21)17(25-10)18(24)23-13-4-2-3-11(7-13)12-5-6-14(19)15(20)8-12/h2-8H,9H2,1H3,(H,23,24). The number of benzene rings is 2. The monoisotopic (exact) mass is 394 g/mol. The summed E-state index contributed by atoms with van der Waals surface area (Å²) < 4.78 is 13.0. The van der Waals surface area contributed by atoms with Crippen molar-refractivity contribution in [3.05, 3.63) is 68.1 Å². The van der Waals surface area contributed by atoms with Crippen molar-refractivity contribution in [1.29, 1.82) is 0 Å². The number of carbonyl (C=O) groups is 1. The van der Waals surface area contributed by atoms with Gasteiger partial charge in [0.25, 0.3) is 5.91 Å². The first kappa shape index (κ1) is 17.9. The Hall–Kier alpha value is -1.95. The van der Waals surface area contributed by atoms with Gasteiger partial charge >= 0.3 is 0 Å². The number of alkyl halides is 1. The number of nitrogens with one attached hydrogen (secondary N) is 1. The number of carbonyl (C=O) groups excluding carboxylic acids is 1. The van der Waals surface area contributed by atoms with Gasteiger partial charge in [-0.15, -0.1) is 11.3 Å². The first-order chi connectivity index (χ1) is 12.0. The minimum absolute atomic E-state index is 0.167. The van der Waals surface area contributed by atoms with Crippen molar-refractivity contribution < 1.29 is 9.18 Å². The van der Waals surface area contributed by atoms with Gasteiger partial charge in [-0.25, -0.2) is 9.37 Å². The molecule has 0 radical (unpaired) electrons. The average Bonchev–Trinajstić information content (AvgIpc) is 2.98. The molecule has 0 aliphatic carbocycles. The first-order valence-corrected chi connectivity index (χ1v) is 8.94. The van der Waals surface area contributed by atoms with E-state index in [9.17, 15) is 9.18 Å². The highest BCUT2D eigenvalue weighted by Crippen LogP contribution is 2.30. The number of hydrogen-bond acceptors (Lipinski definition) is 3. The van der Waals surface area contributed by atoms with Crippen LogP contribution in [-0.4, -0.2) is 10.9 Å². The second kappa shape index (κ2) is 7.52. The van der Waals surface area contributed by atoms with Gasteiger partial charge in [0.2, 0.25) is 0 Å². The molecule has 0 saturated heterocycles. The van der Waals surface area contributed by atoms with Crippen LogP contribution < -0.4 is 5.32 Å². The quantitative estimate of drug-likeness (QED) is 0.576. The third kappa shape index (κ3) is 4.00. The third-order valence-corrected chi connectivity index (χ3v) is 5.26. The summed E-state index contributed by atoms with van der Waals surface area (Å²) in [4.78, 5) is 16.7. The minimum atomic E-state index is -0.767. The maximum absolute atomic E-state index is 13.0. The minimum Gasteiger partial charge on any atom is -0.321 e. The molecular formula is C18H13Cl2FN2OS. The highest BCUT2D eigenvalue weighted by Gasteiger charge is 2.17. The van der Waals surface area contributed by atoms with Crippen LogP contribution in [0.25, 0.3) is 11.1 Å². The van der Waals surface area contributed by atoms with Crippen molar-refractivity contribution in [2.45, 2.75) is 13.6 Å². The zero-order valence-corrected chi connectivity index (χ0v) is 15.5. The van der Waals surface area contributed by atoms with Gasteiger partial charge in [-0.05, 0) is 42.3 Å². The van der Waals surface area contributed by atoms with Crippen molar-refractivity contribution in [1.82, 2.24) is 4.98 Å². The summed E-state index contributed by atoms with van der Waals surface area (Å²) in [5.41, 5.74) is 2.52. The summed E-state index contributed by atoms with van der Waals surface area (Å²) in [6.45, 7) is 0.974. The van der Waals surface area contributed by atoms with E-state index in [4.69, 9.17) is 23.2 Å². The summed E-state index contributed by atoms with van der Waals surface area (Å²) in [5.74, 6) is -0.371. The first-order valence-electron chi connectivity index (χ1n) is 7.37. The van der Waals surface area contributed by atoms with Crippen LogP contribution in [0.2, 0.25) is 10.0 Å². The Labute approximate surface area is 158 Å². The molecule has 0 atom stereocenters. The maximum Gasteiger partial charge on any atom is 0.267 e. The smallest absolute Gasteiger partial charge is 0.267 e. The van der Waals surface area contributed by atoms with Gasteiger partial charge in [-0.3, -0.25) is 4.79 Å². The molecule has 0 aliphatic rings. The van der Waals surface area contributed by atoms with Crippen molar-refractivity contribution in [2.24, 2.45) is 0 Å². The fourth-order valence-electron chi connectivity index (χ4n) is 2.38. The van der Waals surface area contributed by atoms with E-state index >= 15 is 0 Å². The summed E-state index contributed by atoms with van der Waals surface area (Å²) in [5, 5.41) is 4.38. The van der Waals surface area contributed by atoms with E-state index in [0.29, 0.717) is 25.6 Å². The molecule has 0 unspecified atom stereocenters. The Morgan fingerprint density at radius 3 is 2.64 bits per heavy atom. The summed E-state index contributed by atoms with van der Waals surface area (Å²) in [6.07, 6.45) is 0. The largest absolute Gasteiger partial charge is 0.321 e. The van der Waals surface area contributed by atoms with Crippen LogP contribution in [0.3, 0.4) is 0 Å². The third-order valence-electron chi connectivity index (χ3n) is 3.51. The van der Waals surface area contributed by atoms with Crippen LogP contribution in [0, 0.1) is 6.92 Å². The highest BCUT2D eigenvalue weighted by atomic mass is 35.5. The fourth-order valence-corrected chi connectivity index (χ4v) is 3.49. The number of thiazole rings is 1. The Morgan fingerprint density at radius 1 is 1.16 bits per heavy atom. The predicted molar refractivity (Wildman–Crippen MR) is 102 cm³/mol. The van der Waals surface area contributed by atoms with E-state index in [0.717, 1.165) is 11.1 Å². The molecule has 0 spiro atoms. The maximum atomic E-state index is 13.0. The lowest BCUT2D eigenvalue weighted by Gasteiger charge is -2.08. The molecular weight excluding hydrogens is 382 g/mol. The number of anilines is 1. The molecule has 25 heavy (non-hydrogen) atoms. The zero-order chi connectivity index (χ0) is 18.0. The van der Waals surface area contributed by atoms with Gasteiger partial charge in [0.15, 0.2) is 0 Å². The molecule has 1 aromatic heterocycles. The Bertz CT molecular complexity index is 943. The van der Waals surface area contributed by atoms with E-state index in [2.05, 4.69) is 10.3 Å². The molecule has 7 heteroatoms. The molecule has 0 saturated carbocycles. The van der Waals surface area contributed by atoms with Crippen molar-refractivity contribution >= 4 is 46.1 Å². The molecule has 1 amide bonds. The zero-order valence-electron chi connectivity index (χ0n) is 13.1. The summed E-state index contributed by atoms with van der Waals surface area (Å²) in [7, 11) is 0. The van der Waals surface area contributed by atoms with Gasteiger partial charge in [-0.2, -0.15) is 0 Å². The van der Waals surface area contributed by atoms with Gasteiger partial charge < -0.3 is 5.32 Å². The molecule has 0 bridgehead atoms. The van der Waals surface area contributed by atoms with Gasteiger partial charge in [0.1, 0.15) is 11.6 Å². The molecule has 0 fully saturated rings. The number of hydrogen-bond donors (Lipinski definition) is 1. The molecule has 3 rings (SSSR count). The highest BCUT2D eigenvalue weighted by molar-refractivity contribution is 7.13. The van der Waals surface area contributed by atoms with Crippen LogP contribution in [-0.2, 0) is 6.67 Å². The molecule has 1 heterocycles. The van der Waals surface area contributed by atoms with Gasteiger partial charge in [-0.1, -0.05) is 41.4 Å². The Balaban J connectivity index is 1.86. The number of amides is 1. The summed E-state index contributed by atoms with van der Waals surface area (Å²) in [6, 6.07) is 12.6. The number of nitrogens with zero attached hydrogens (tertiary/aromatic N) is 1. The van der Waals surface area contributed by atoms with E-state index in [1.165, 1.54) is 11.3 Å². The Morgan fingerprint density at radius 2 is 1.92 bits per heavy atom. The van der Waals surface area contributed by atoms with Gasteiger partial charge in [0.05, 0.1) is 20.7 Å². The Kier molecular flexibility index (Phi) is 5.37. The van der Waals surface area contributed by atoms with Crippen molar-refractivity contribution in [3.8, 4) is 11.1 Å². The number of aryl methyl sites for hydroxylation is 1. The van der Waals surface area contributed by atoms with E-state index in [1.807, 2.05) is 24.3 Å². The van der Waals surface area contributed by atoms with Crippen LogP contribution in [0.4, 0.5) is 10.1 Å². The van der Waals surface area contributed by atoms with Crippen LogP contribution in [0.1, 0.15) is 20.4 Å². The molecule has 2 aromatic carbocycles. The van der Waals surface area contributed by atoms with Crippen molar-refractivity contribution in [2.75, 3.05) is 5.32 Å². The van der Waals surface area contributed by atoms with Crippen LogP contribution in [0.15, 0.2) is 42.5 Å². The number of halogens is 3. The fraction of sp³-hybridized carbons (Fsp3) is 0.111. The lowest BCUT2D eigenvalue weighted by molar-refractivity contribution is 0.102. The second-order valence-corrected chi connectivity index (χ2v) is 7.32. The molecule has 1 N–H and O–H groups in total. The molecule has 3 nitrogen and oxygen atoms in total. The second-order valence-electron chi connectivity index (χ2n) is 5.31. The van der Waals surface area contributed by atoms with Gasteiger partial charge in [0, 0.05) is 5.69 Å². The molecule has 128 valence electrons. The normalized spacial score (nSPS) is 10.7. The summed E-state index contributed by atoms with van der Waals surface area (Å²) >= 11 is 13.2. The topological polar surface area (TPSA) is 42.0 Å². The lowest BCUT2D eigenvalue weighted by atomic mass is 10.1. The molecule has 0 aliphatic heterocycles. The van der Waals surface area contributed by atoms with E-state index in [-0.39, 0.29) is 11.6 Å². The molecule has 3 aromatic rings. The SMILES string of the molecule is Cc1nc(CF)c(C(=O)Nc2cccc(-c3ccc(Cl)c(Cl)c3)c2)s1. The van der Waals surface area contributed by atoms with Crippen LogP contribution >= 0.6 is 34.5 Å². The van der Waals surface area contributed by atoms with Crippen LogP contribution in [0.5, 0.6) is 0 Å². The van der Waals surface area contributed by atoms with E-state index < -0.39 is 6.67 Å². The number of aromatic nitrogens is 1.